The van der Waals surface area contributed by atoms with Crippen molar-refractivity contribution in [2.75, 3.05) is 5.32 Å². The van der Waals surface area contributed by atoms with Gasteiger partial charge in [-0.05, 0) is 30.9 Å². The zero-order valence-corrected chi connectivity index (χ0v) is 15.2. The van der Waals surface area contributed by atoms with E-state index < -0.39 is 0 Å². The van der Waals surface area contributed by atoms with Gasteiger partial charge in [-0.25, -0.2) is 0 Å². The molecular weight excluding hydrogens is 330 g/mol. The third-order valence-electron chi connectivity index (χ3n) is 4.32. The molecule has 0 fully saturated rings. The van der Waals surface area contributed by atoms with Crippen LogP contribution in [0.3, 0.4) is 0 Å². The summed E-state index contributed by atoms with van der Waals surface area (Å²) in [4.78, 5) is 12.7. The molecule has 0 unspecified atom stereocenters. The third kappa shape index (κ3) is 3.61. The van der Waals surface area contributed by atoms with Crippen molar-refractivity contribution in [2.24, 2.45) is 27.1 Å². The smallest absolute Gasteiger partial charge is 0.291 e. The molecule has 3 rings (SSSR count). The van der Waals surface area contributed by atoms with Crippen LogP contribution >= 0.6 is 0 Å². The lowest BCUT2D eigenvalue weighted by Crippen LogP contribution is -2.27. The van der Waals surface area contributed by atoms with Crippen LogP contribution < -0.4 is 16.8 Å². The largest absolute Gasteiger partial charge is 0.455 e. The number of benzene rings is 1. The Hall–Kier alpha value is -3.09. The van der Waals surface area contributed by atoms with Crippen molar-refractivity contribution in [1.29, 1.82) is 0 Å². The number of hydrogen-bond donors (Lipinski definition) is 3. The normalized spacial score (nSPS) is 16.8. The van der Waals surface area contributed by atoms with Crippen molar-refractivity contribution in [3.63, 3.8) is 0 Å². The minimum absolute atomic E-state index is 0.0673. The van der Waals surface area contributed by atoms with Crippen molar-refractivity contribution in [3.8, 4) is 0 Å². The molecule has 0 bridgehead atoms. The molecule has 0 atom stereocenters. The standard InChI is InChI=1S/C19H23N5O2/c1-11-15-13(23-24-18(20)21)9-19(2,3)10-14(15)26-16(11)17(25)22-12-7-5-4-6-8-12/h4-8H,9-10H2,1-3H3,(H,22,25)(H4,20,21,24)/b23-13-. The molecule has 1 amide bonds. The Bertz CT molecular complexity index is 890. The molecule has 0 radical (unpaired) electrons. The van der Waals surface area contributed by atoms with Crippen LogP contribution in [0, 0.1) is 12.3 Å². The van der Waals surface area contributed by atoms with E-state index in [1.54, 1.807) is 0 Å². The van der Waals surface area contributed by atoms with Gasteiger partial charge in [0.15, 0.2) is 5.76 Å². The molecule has 5 N–H and O–H groups in total. The summed E-state index contributed by atoms with van der Waals surface area (Å²) in [5.74, 6) is 0.628. The zero-order chi connectivity index (χ0) is 18.9. The molecule has 1 aromatic carbocycles. The van der Waals surface area contributed by atoms with E-state index in [1.807, 2.05) is 37.3 Å². The molecule has 1 aliphatic rings. The molecule has 0 spiro atoms. The average molecular weight is 353 g/mol. The lowest BCUT2D eigenvalue weighted by molar-refractivity contribution is 0.0993. The van der Waals surface area contributed by atoms with Gasteiger partial charge in [0, 0.05) is 23.2 Å². The van der Waals surface area contributed by atoms with Crippen LogP contribution in [0.1, 0.15) is 47.7 Å². The number of nitrogens with one attached hydrogen (secondary N) is 1. The summed E-state index contributed by atoms with van der Waals surface area (Å²) in [5.41, 5.74) is 13.8. The molecule has 0 saturated heterocycles. The van der Waals surface area contributed by atoms with E-state index in [2.05, 4.69) is 29.4 Å². The number of nitrogens with zero attached hydrogens (tertiary/aromatic N) is 2. The highest BCUT2D eigenvalue weighted by Crippen LogP contribution is 2.39. The van der Waals surface area contributed by atoms with Gasteiger partial charge in [-0.1, -0.05) is 32.0 Å². The fourth-order valence-corrected chi connectivity index (χ4v) is 3.24. The fourth-order valence-electron chi connectivity index (χ4n) is 3.24. The van der Waals surface area contributed by atoms with Crippen molar-refractivity contribution in [2.45, 2.75) is 33.6 Å². The molecule has 2 aromatic rings. The monoisotopic (exact) mass is 353 g/mol. The van der Waals surface area contributed by atoms with Crippen molar-refractivity contribution in [3.05, 3.63) is 53.0 Å². The second-order valence-electron chi connectivity index (χ2n) is 7.26. The van der Waals surface area contributed by atoms with E-state index in [0.29, 0.717) is 18.5 Å². The Morgan fingerprint density at radius 1 is 1.19 bits per heavy atom. The van der Waals surface area contributed by atoms with Gasteiger partial charge in [0.25, 0.3) is 5.91 Å². The van der Waals surface area contributed by atoms with Gasteiger partial charge in [-0.3, -0.25) is 4.79 Å². The van der Waals surface area contributed by atoms with Crippen LogP contribution in [-0.4, -0.2) is 17.6 Å². The third-order valence-corrected chi connectivity index (χ3v) is 4.32. The first kappa shape index (κ1) is 17.7. The van der Waals surface area contributed by atoms with Gasteiger partial charge in [0.05, 0.1) is 5.71 Å². The van der Waals surface area contributed by atoms with E-state index in [1.165, 1.54) is 0 Å². The van der Waals surface area contributed by atoms with Crippen LogP contribution in [0.15, 0.2) is 45.0 Å². The molecule has 1 aliphatic carbocycles. The second-order valence-corrected chi connectivity index (χ2v) is 7.26. The Labute approximate surface area is 152 Å². The number of guanidine groups is 1. The Balaban J connectivity index is 2.00. The number of nitrogens with two attached hydrogens (primary N) is 2. The van der Waals surface area contributed by atoms with Gasteiger partial charge in [-0.15, -0.1) is 5.10 Å². The Morgan fingerprint density at radius 3 is 2.54 bits per heavy atom. The van der Waals surface area contributed by atoms with Crippen molar-refractivity contribution < 1.29 is 9.21 Å². The predicted octanol–water partition coefficient (Wildman–Crippen LogP) is 2.79. The maximum Gasteiger partial charge on any atom is 0.291 e. The van der Waals surface area contributed by atoms with Gasteiger partial charge < -0.3 is 21.2 Å². The molecule has 1 heterocycles. The van der Waals surface area contributed by atoms with Crippen LogP contribution in [0.5, 0.6) is 0 Å². The lowest BCUT2D eigenvalue weighted by Gasteiger charge is -2.29. The predicted molar refractivity (Wildman–Crippen MR) is 102 cm³/mol. The number of rotatable bonds is 3. The highest BCUT2D eigenvalue weighted by atomic mass is 16.4. The number of hydrogen-bond acceptors (Lipinski definition) is 4. The molecule has 26 heavy (non-hydrogen) atoms. The number of furan rings is 1. The maximum atomic E-state index is 12.7. The maximum absolute atomic E-state index is 12.7. The minimum Gasteiger partial charge on any atom is -0.455 e. The zero-order valence-electron chi connectivity index (χ0n) is 15.2. The summed E-state index contributed by atoms with van der Waals surface area (Å²) >= 11 is 0. The first-order chi connectivity index (χ1) is 12.3. The molecule has 0 aliphatic heterocycles. The first-order valence-corrected chi connectivity index (χ1v) is 8.41. The Kier molecular flexibility index (Phi) is 4.54. The van der Waals surface area contributed by atoms with E-state index in [4.69, 9.17) is 15.9 Å². The number of carbonyl (C=O) groups excluding carboxylic acids is 1. The molecule has 1 aromatic heterocycles. The summed E-state index contributed by atoms with van der Waals surface area (Å²) in [6.07, 6.45) is 1.40. The van der Waals surface area contributed by atoms with Crippen LogP contribution in [0.25, 0.3) is 0 Å². The van der Waals surface area contributed by atoms with Crippen molar-refractivity contribution in [1.82, 2.24) is 0 Å². The Morgan fingerprint density at radius 2 is 1.88 bits per heavy atom. The van der Waals surface area contributed by atoms with E-state index >= 15 is 0 Å². The number of amides is 1. The molecule has 7 nitrogen and oxygen atoms in total. The number of fused-ring (bicyclic) bond motifs is 1. The first-order valence-electron chi connectivity index (χ1n) is 8.41. The van der Waals surface area contributed by atoms with Gasteiger partial charge >= 0.3 is 0 Å². The van der Waals surface area contributed by atoms with Gasteiger partial charge in [0.2, 0.25) is 5.96 Å². The number of carbonyl (C=O) groups is 1. The highest BCUT2D eigenvalue weighted by Gasteiger charge is 2.36. The van der Waals surface area contributed by atoms with Gasteiger partial charge in [0.1, 0.15) is 5.76 Å². The highest BCUT2D eigenvalue weighted by molar-refractivity contribution is 6.09. The number of anilines is 1. The quantitative estimate of drug-likeness (QED) is 0.446. The topological polar surface area (TPSA) is 119 Å². The summed E-state index contributed by atoms with van der Waals surface area (Å²) < 4.78 is 5.94. The summed E-state index contributed by atoms with van der Waals surface area (Å²) in [7, 11) is 0. The molecule has 0 saturated carbocycles. The summed E-state index contributed by atoms with van der Waals surface area (Å²) in [6.45, 7) is 6.08. The lowest BCUT2D eigenvalue weighted by atomic mass is 9.75. The van der Waals surface area contributed by atoms with Crippen molar-refractivity contribution >= 4 is 23.3 Å². The molecular formula is C19H23N5O2. The second kappa shape index (κ2) is 6.67. The summed E-state index contributed by atoms with van der Waals surface area (Å²) in [6, 6.07) is 9.26. The average Bonchev–Trinajstić information content (AvgIpc) is 2.89. The summed E-state index contributed by atoms with van der Waals surface area (Å²) in [5, 5.41) is 10.8. The van der Waals surface area contributed by atoms with Crippen LogP contribution in [0.4, 0.5) is 5.69 Å². The van der Waals surface area contributed by atoms with Gasteiger partial charge in [-0.2, -0.15) is 5.10 Å². The van der Waals surface area contributed by atoms with Crippen LogP contribution in [-0.2, 0) is 6.42 Å². The molecule has 7 heteroatoms. The SMILES string of the molecule is Cc1c(C(=O)Nc2ccccc2)oc2c1/C(=N\N=C(N)N)CC(C)(C)C2. The van der Waals surface area contributed by atoms with E-state index in [-0.39, 0.29) is 23.0 Å². The van der Waals surface area contributed by atoms with E-state index in [0.717, 1.165) is 22.6 Å². The number of para-hydroxylation sites is 1. The fraction of sp³-hybridized carbons (Fsp3) is 0.316. The van der Waals surface area contributed by atoms with E-state index in [9.17, 15) is 4.79 Å². The minimum atomic E-state index is -0.290. The van der Waals surface area contributed by atoms with Crippen LogP contribution in [0.2, 0.25) is 0 Å². The molecule has 136 valence electrons.